The van der Waals surface area contributed by atoms with Gasteiger partial charge in [0.15, 0.2) is 17.3 Å². The standard InChI is InChI=1S/C68H123N9O12/c1-27-49-37-57(80)59(60(81)45(14)30-28-29-31-70(18)19)77(26)68(89)58(44(12)13)76(25)67(88)54(35-42(8)9)75(24)66(87)53(34-41(6)7)74(23)62(83)47(16)69-61(82)46(15)36-55(78)51(32-39(2)3)73(22)65(86)50(43(10)11)38-56(79)52(33-40(4)5)72(21)63(84)48(17)71(20)64(49)85/h39-54,58-60,81H,27-38H2,1-26H3,(H,69,82)/t45-,46+,47+,48-,49+,50-,51+,52+,53-,54-,58-,59+,60-/m1/s1. The molecule has 0 unspecified atom stereocenters. The summed E-state index contributed by atoms with van der Waals surface area (Å²) in [5.41, 5.74) is 0. The van der Waals surface area contributed by atoms with Crippen molar-refractivity contribution in [2.45, 2.75) is 243 Å². The lowest BCUT2D eigenvalue weighted by Crippen LogP contribution is -2.61. The molecular weight excluding hydrogens is 1130 g/mol. The van der Waals surface area contributed by atoms with Crippen LogP contribution in [0.3, 0.4) is 0 Å². The molecule has 0 aromatic heterocycles. The van der Waals surface area contributed by atoms with Crippen molar-refractivity contribution >= 4 is 64.6 Å². The van der Waals surface area contributed by atoms with Crippen molar-refractivity contribution in [2.75, 3.05) is 70.0 Å². The molecule has 1 fully saturated rings. The molecule has 512 valence electrons. The van der Waals surface area contributed by atoms with Crippen molar-refractivity contribution in [3.05, 3.63) is 0 Å². The number of aliphatic hydroxyl groups is 1. The number of carbonyl (C=O) groups is 11. The maximum Gasteiger partial charge on any atom is 0.246 e. The van der Waals surface area contributed by atoms with Crippen molar-refractivity contribution in [3.63, 3.8) is 0 Å². The van der Waals surface area contributed by atoms with Crippen LogP contribution in [0.15, 0.2) is 0 Å². The molecule has 1 saturated heterocycles. The van der Waals surface area contributed by atoms with Crippen LogP contribution in [0.4, 0.5) is 0 Å². The van der Waals surface area contributed by atoms with Gasteiger partial charge in [-0.2, -0.15) is 0 Å². The number of unbranched alkanes of at least 4 members (excludes halogenated alkanes) is 1. The second-order valence-corrected chi connectivity index (χ2v) is 28.9. The number of nitrogens with one attached hydrogen (secondary N) is 1. The molecule has 89 heavy (non-hydrogen) atoms. The minimum absolute atomic E-state index is 0.0678. The molecule has 0 bridgehead atoms. The molecule has 0 radical (unpaired) electrons. The van der Waals surface area contributed by atoms with Gasteiger partial charge in [0, 0.05) is 86.3 Å². The SMILES string of the molecule is CC[C@H]1CC(=O)[C@@H]([C@H](O)[C@H](C)CCCCN(C)C)N(C)C(=O)[C@@H](C(C)C)N(C)C(=O)[C@@H](CC(C)C)N(C)C(=O)[C@@H](CC(C)C)N(C)C(=O)[C@H](C)NC(=O)[C@@H](C)CC(=O)[C@H](CC(C)C)N(C)C(=O)[C@@H](C(C)C)CC(=O)[C@H](CC(C)C)N(C)C(=O)[C@@H](C)N(C)C1=O. The van der Waals surface area contributed by atoms with Crippen molar-refractivity contribution in [1.82, 2.24) is 44.5 Å². The third-order valence-corrected chi connectivity index (χ3v) is 18.3. The first kappa shape index (κ1) is 81.7. The summed E-state index contributed by atoms with van der Waals surface area (Å²) in [7, 11) is 14.3. The highest BCUT2D eigenvalue weighted by atomic mass is 16.3. The normalized spacial score (nSPS) is 27.3. The Morgan fingerprint density at radius 2 is 0.876 bits per heavy atom. The van der Waals surface area contributed by atoms with Gasteiger partial charge in [0.25, 0.3) is 0 Å². The van der Waals surface area contributed by atoms with Gasteiger partial charge in [-0.05, 0) is 121 Å². The van der Waals surface area contributed by atoms with Crippen molar-refractivity contribution in [3.8, 4) is 0 Å². The van der Waals surface area contributed by atoms with Crippen LogP contribution in [0.5, 0.6) is 0 Å². The van der Waals surface area contributed by atoms with E-state index in [2.05, 4.69) is 10.2 Å². The quantitative estimate of drug-likeness (QED) is 0.136. The van der Waals surface area contributed by atoms with Gasteiger partial charge in [-0.1, -0.05) is 110 Å². The summed E-state index contributed by atoms with van der Waals surface area (Å²) in [6.07, 6.45) is 0.647. The minimum atomic E-state index is -1.48. The summed E-state index contributed by atoms with van der Waals surface area (Å²) >= 11 is 0. The van der Waals surface area contributed by atoms with Crippen LogP contribution in [0.2, 0.25) is 0 Å². The molecule has 1 rings (SSSR count). The topological polar surface area (TPSA) is 246 Å². The Hall–Kier alpha value is -5.31. The van der Waals surface area contributed by atoms with Crippen LogP contribution in [0.1, 0.15) is 188 Å². The highest BCUT2D eigenvalue weighted by Gasteiger charge is 2.46. The van der Waals surface area contributed by atoms with Crippen LogP contribution in [-0.2, 0) is 52.7 Å². The van der Waals surface area contributed by atoms with Crippen LogP contribution < -0.4 is 5.32 Å². The number of carbonyl (C=O) groups excluding carboxylic acids is 11. The van der Waals surface area contributed by atoms with E-state index in [4.69, 9.17) is 0 Å². The average molecular weight is 1260 g/mol. The zero-order chi connectivity index (χ0) is 69.1. The molecule has 0 aliphatic carbocycles. The molecular formula is C68H123N9O12. The Morgan fingerprint density at radius 1 is 0.461 bits per heavy atom. The van der Waals surface area contributed by atoms with E-state index in [1.807, 2.05) is 90.3 Å². The number of likely N-dealkylation sites (N-methyl/N-ethyl adjacent to an activating group) is 7. The summed E-state index contributed by atoms with van der Waals surface area (Å²) in [5.74, 6) is -10.7. The Morgan fingerprint density at radius 3 is 1.31 bits per heavy atom. The number of rotatable bonds is 18. The van der Waals surface area contributed by atoms with Gasteiger partial charge < -0.3 is 49.6 Å². The fraction of sp³-hybridized carbons (Fsp3) is 0.838. The first-order valence-corrected chi connectivity index (χ1v) is 33.1. The first-order valence-electron chi connectivity index (χ1n) is 33.1. The van der Waals surface area contributed by atoms with Gasteiger partial charge in [-0.25, -0.2) is 0 Å². The van der Waals surface area contributed by atoms with E-state index < -0.39 is 143 Å². The fourth-order valence-electron chi connectivity index (χ4n) is 12.3. The Bertz CT molecular complexity index is 2380. The molecule has 0 aromatic carbocycles. The van der Waals surface area contributed by atoms with Gasteiger partial charge >= 0.3 is 0 Å². The van der Waals surface area contributed by atoms with E-state index in [9.17, 15) is 38.7 Å². The van der Waals surface area contributed by atoms with E-state index in [-0.39, 0.29) is 86.1 Å². The maximum atomic E-state index is 15.3. The van der Waals surface area contributed by atoms with Crippen LogP contribution in [0, 0.1) is 59.2 Å². The molecule has 0 saturated carbocycles. The Labute approximate surface area is 536 Å². The van der Waals surface area contributed by atoms with Crippen LogP contribution >= 0.6 is 0 Å². The molecule has 0 aromatic rings. The number of hydrogen-bond donors (Lipinski definition) is 2. The number of ketones is 3. The third kappa shape index (κ3) is 23.4. The second kappa shape index (κ2) is 37.3. The fourth-order valence-corrected chi connectivity index (χ4v) is 12.3. The molecule has 8 amide bonds. The molecule has 1 aliphatic heterocycles. The maximum absolute atomic E-state index is 15.3. The van der Waals surface area contributed by atoms with E-state index in [1.54, 1.807) is 34.6 Å². The highest BCUT2D eigenvalue weighted by molar-refractivity contribution is 6.00. The lowest BCUT2D eigenvalue weighted by molar-refractivity contribution is -0.157. The summed E-state index contributed by atoms with van der Waals surface area (Å²) in [4.78, 5) is 174. The molecule has 1 aliphatic rings. The summed E-state index contributed by atoms with van der Waals surface area (Å²) in [6.45, 7) is 31.3. The summed E-state index contributed by atoms with van der Waals surface area (Å²) < 4.78 is 0. The molecule has 2 N–H and O–H groups in total. The summed E-state index contributed by atoms with van der Waals surface area (Å²) in [5, 5.41) is 15.1. The highest BCUT2D eigenvalue weighted by Crippen LogP contribution is 2.30. The lowest BCUT2D eigenvalue weighted by Gasteiger charge is -2.41. The van der Waals surface area contributed by atoms with Crippen molar-refractivity contribution in [1.29, 1.82) is 0 Å². The van der Waals surface area contributed by atoms with Gasteiger partial charge in [-0.15, -0.1) is 0 Å². The van der Waals surface area contributed by atoms with Crippen LogP contribution in [0.25, 0.3) is 0 Å². The van der Waals surface area contributed by atoms with Gasteiger partial charge in [0.2, 0.25) is 47.3 Å². The van der Waals surface area contributed by atoms with E-state index in [0.717, 1.165) is 13.0 Å². The largest absolute Gasteiger partial charge is 0.390 e. The zero-order valence-corrected chi connectivity index (χ0v) is 60.0. The predicted molar refractivity (Wildman–Crippen MR) is 350 cm³/mol. The predicted octanol–water partition coefficient (Wildman–Crippen LogP) is 6.70. The van der Waals surface area contributed by atoms with Crippen molar-refractivity contribution in [2.24, 2.45) is 59.2 Å². The smallest absolute Gasteiger partial charge is 0.246 e. The number of aliphatic hydroxyl groups excluding tert-OH is 1. The Kier molecular flexibility index (Phi) is 34.2. The lowest BCUT2D eigenvalue weighted by atomic mass is 9.84. The number of amides is 8. The molecule has 13 atom stereocenters. The minimum Gasteiger partial charge on any atom is -0.390 e. The van der Waals surface area contributed by atoms with Gasteiger partial charge in [0.1, 0.15) is 36.3 Å². The van der Waals surface area contributed by atoms with Crippen LogP contribution in [-0.4, -0.2) is 233 Å². The van der Waals surface area contributed by atoms with E-state index in [1.165, 1.54) is 90.6 Å². The Balaban J connectivity index is 4.39. The zero-order valence-electron chi connectivity index (χ0n) is 60.0. The molecule has 21 heteroatoms. The average Bonchev–Trinajstić information content (AvgIpc) is 0.936. The molecule has 0 spiro atoms. The number of hydrogen-bond acceptors (Lipinski definition) is 13. The third-order valence-electron chi connectivity index (χ3n) is 18.3. The summed E-state index contributed by atoms with van der Waals surface area (Å²) in [6, 6.07) is -9.24. The second-order valence-electron chi connectivity index (χ2n) is 28.9. The molecule has 21 nitrogen and oxygen atoms in total. The van der Waals surface area contributed by atoms with Gasteiger partial charge in [0.05, 0.1) is 18.2 Å². The van der Waals surface area contributed by atoms with Gasteiger partial charge in [-0.3, -0.25) is 52.7 Å². The first-order chi connectivity index (χ1) is 41.0. The van der Waals surface area contributed by atoms with Crippen molar-refractivity contribution < 1.29 is 57.8 Å². The van der Waals surface area contributed by atoms with E-state index in [0.29, 0.717) is 12.8 Å². The number of nitrogens with zero attached hydrogens (tertiary/aromatic N) is 8. The van der Waals surface area contributed by atoms with E-state index >= 15 is 19.2 Å². The monoisotopic (exact) mass is 1260 g/mol. The number of Topliss-reactive ketones (excluding diaryl/α,β-unsaturated/α-hetero) is 3. The molecule has 1 heterocycles.